The van der Waals surface area contributed by atoms with Crippen LogP contribution in [-0.2, 0) is 4.74 Å². The van der Waals surface area contributed by atoms with Crippen LogP contribution >= 0.6 is 0 Å². The average Bonchev–Trinajstić information content (AvgIpc) is 3.44. The molecule has 0 unspecified atom stereocenters. The Bertz CT molecular complexity index is 991. The van der Waals surface area contributed by atoms with E-state index in [1.54, 1.807) is 17.9 Å². The monoisotopic (exact) mass is 436 g/mol. The fourth-order valence-electron chi connectivity index (χ4n) is 4.42. The molecule has 3 aliphatic heterocycles. The SMILES string of the molecule is C[C@@]1(F)CCN(c2nc(-c3cnc(N)c(OC(F)F)c3)cc(N3C[C@H]4C[C@@H]3CO4)n2)C1. The zero-order valence-corrected chi connectivity index (χ0v) is 17.0. The highest BCUT2D eigenvalue weighted by Gasteiger charge is 2.40. The molecule has 3 saturated heterocycles. The first-order valence-electron chi connectivity index (χ1n) is 10.2. The van der Waals surface area contributed by atoms with Gasteiger partial charge in [0.2, 0.25) is 5.95 Å². The Hall–Kier alpha value is -2.82. The molecule has 5 rings (SSSR count). The molecule has 2 aromatic heterocycles. The van der Waals surface area contributed by atoms with E-state index in [1.807, 2.05) is 0 Å². The molecule has 3 aliphatic rings. The van der Waals surface area contributed by atoms with Crippen molar-refractivity contribution in [2.75, 3.05) is 41.8 Å². The molecule has 3 atom stereocenters. The molecule has 2 aromatic rings. The lowest BCUT2D eigenvalue weighted by molar-refractivity contribution is -0.0494. The van der Waals surface area contributed by atoms with Crippen LogP contribution in [0, 0.1) is 0 Å². The van der Waals surface area contributed by atoms with Gasteiger partial charge in [0.15, 0.2) is 11.6 Å². The molecule has 0 radical (unpaired) electrons. The summed E-state index contributed by atoms with van der Waals surface area (Å²) in [5.74, 6) is 0.725. The molecule has 0 spiro atoms. The summed E-state index contributed by atoms with van der Waals surface area (Å²) in [5, 5.41) is 0. The second-order valence-electron chi connectivity index (χ2n) is 8.48. The zero-order valence-electron chi connectivity index (χ0n) is 17.0. The molecule has 0 aromatic carbocycles. The smallest absolute Gasteiger partial charge is 0.387 e. The predicted octanol–water partition coefficient (Wildman–Crippen LogP) is 2.64. The number of alkyl halides is 3. The largest absolute Gasteiger partial charge is 0.431 e. The maximum atomic E-state index is 14.5. The molecule has 3 fully saturated rings. The molecule has 5 heterocycles. The lowest BCUT2D eigenvalue weighted by Gasteiger charge is -2.29. The Morgan fingerprint density at radius 1 is 1.32 bits per heavy atom. The van der Waals surface area contributed by atoms with Gasteiger partial charge in [0.05, 0.1) is 31.0 Å². The van der Waals surface area contributed by atoms with Crippen LogP contribution in [0.15, 0.2) is 18.3 Å². The van der Waals surface area contributed by atoms with Gasteiger partial charge in [-0.2, -0.15) is 13.8 Å². The number of anilines is 3. The molecule has 0 amide bonds. The van der Waals surface area contributed by atoms with Crippen LogP contribution in [0.25, 0.3) is 11.3 Å². The van der Waals surface area contributed by atoms with Crippen LogP contribution in [0.1, 0.15) is 19.8 Å². The zero-order chi connectivity index (χ0) is 21.8. The van der Waals surface area contributed by atoms with Gasteiger partial charge in [-0.05, 0) is 19.4 Å². The number of aromatic nitrogens is 3. The van der Waals surface area contributed by atoms with Gasteiger partial charge in [-0.3, -0.25) is 0 Å². The third kappa shape index (κ3) is 3.93. The van der Waals surface area contributed by atoms with Crippen molar-refractivity contribution >= 4 is 17.6 Å². The number of nitrogen functional groups attached to an aromatic ring is 1. The summed E-state index contributed by atoms with van der Waals surface area (Å²) in [6, 6.07) is 3.38. The maximum absolute atomic E-state index is 14.5. The first-order valence-corrected chi connectivity index (χ1v) is 10.2. The summed E-state index contributed by atoms with van der Waals surface area (Å²) in [6.07, 6.45) is 2.92. The molecule has 0 saturated carbocycles. The number of rotatable bonds is 5. The van der Waals surface area contributed by atoms with Gasteiger partial charge in [-0.15, -0.1) is 0 Å². The highest BCUT2D eigenvalue weighted by molar-refractivity contribution is 5.68. The maximum Gasteiger partial charge on any atom is 0.387 e. The van der Waals surface area contributed by atoms with Gasteiger partial charge < -0.3 is 25.0 Å². The summed E-state index contributed by atoms with van der Waals surface area (Å²) in [4.78, 5) is 17.3. The highest BCUT2D eigenvalue weighted by Crippen LogP contribution is 2.36. The number of pyridine rings is 1. The van der Waals surface area contributed by atoms with Crippen LogP contribution in [0.3, 0.4) is 0 Å². The van der Waals surface area contributed by atoms with E-state index >= 15 is 0 Å². The molecular weight excluding hydrogens is 413 g/mol. The van der Waals surface area contributed by atoms with E-state index in [1.165, 1.54) is 12.3 Å². The number of nitrogens with two attached hydrogens (primary N) is 1. The number of halogens is 3. The fourth-order valence-corrected chi connectivity index (χ4v) is 4.42. The normalized spacial score (nSPS) is 27.5. The first kappa shape index (κ1) is 20.1. The average molecular weight is 436 g/mol. The number of ether oxygens (including phenoxy) is 2. The Kier molecular flexibility index (Phi) is 4.80. The van der Waals surface area contributed by atoms with E-state index in [-0.39, 0.29) is 30.3 Å². The molecule has 166 valence electrons. The van der Waals surface area contributed by atoms with Gasteiger partial charge in [0.25, 0.3) is 0 Å². The summed E-state index contributed by atoms with van der Waals surface area (Å²) >= 11 is 0. The molecule has 2 N–H and O–H groups in total. The predicted molar refractivity (Wildman–Crippen MR) is 108 cm³/mol. The number of hydrogen-bond acceptors (Lipinski definition) is 8. The quantitative estimate of drug-likeness (QED) is 0.765. The highest BCUT2D eigenvalue weighted by atomic mass is 19.3. The van der Waals surface area contributed by atoms with E-state index in [9.17, 15) is 13.2 Å². The number of morpholine rings is 1. The summed E-state index contributed by atoms with van der Waals surface area (Å²) < 4.78 is 50.1. The second-order valence-corrected chi connectivity index (χ2v) is 8.48. The molecule has 31 heavy (non-hydrogen) atoms. The van der Waals surface area contributed by atoms with E-state index in [0.29, 0.717) is 49.1 Å². The molecule has 11 heteroatoms. The summed E-state index contributed by atoms with van der Waals surface area (Å²) in [5.41, 5.74) is 5.28. The van der Waals surface area contributed by atoms with Crippen molar-refractivity contribution in [2.45, 2.75) is 44.2 Å². The minimum atomic E-state index is -3.03. The first-order chi connectivity index (χ1) is 14.8. The van der Waals surface area contributed by atoms with Crippen molar-refractivity contribution in [2.24, 2.45) is 0 Å². The third-order valence-corrected chi connectivity index (χ3v) is 6.00. The van der Waals surface area contributed by atoms with Crippen molar-refractivity contribution < 1.29 is 22.6 Å². The Morgan fingerprint density at radius 2 is 2.16 bits per heavy atom. The molecule has 2 bridgehead atoms. The lowest BCUT2D eigenvalue weighted by atomic mass is 10.1. The van der Waals surface area contributed by atoms with Crippen LogP contribution in [0.5, 0.6) is 5.75 Å². The standard InChI is InChI=1S/C20H23F3N6O2/c1-20(23)2-3-28(10-20)19-26-14(11-4-15(31-18(21)22)17(24)25-7-11)6-16(27-19)29-8-13-5-12(29)9-30-13/h4,6-7,12-13,18H,2-3,5,8-10H2,1H3,(H2,24,25)/t12-,13-,20-/m1/s1. The molecule has 8 nitrogen and oxygen atoms in total. The summed E-state index contributed by atoms with van der Waals surface area (Å²) in [7, 11) is 0. The van der Waals surface area contributed by atoms with Crippen LogP contribution in [0.4, 0.5) is 30.8 Å². The number of hydrogen-bond donors (Lipinski definition) is 1. The van der Waals surface area contributed by atoms with Crippen LogP contribution < -0.4 is 20.3 Å². The van der Waals surface area contributed by atoms with Crippen molar-refractivity contribution in [1.82, 2.24) is 15.0 Å². The Labute approximate surface area is 177 Å². The van der Waals surface area contributed by atoms with Gasteiger partial charge in [0, 0.05) is 37.3 Å². The third-order valence-electron chi connectivity index (χ3n) is 6.00. The van der Waals surface area contributed by atoms with E-state index in [0.717, 1.165) is 6.42 Å². The minimum absolute atomic E-state index is 0.139. The van der Waals surface area contributed by atoms with Crippen molar-refractivity contribution in [3.05, 3.63) is 18.3 Å². The van der Waals surface area contributed by atoms with Crippen molar-refractivity contribution in [1.29, 1.82) is 0 Å². The summed E-state index contributed by atoms with van der Waals surface area (Å²) in [6.45, 7) is 0.549. The van der Waals surface area contributed by atoms with Gasteiger partial charge in [-0.1, -0.05) is 0 Å². The van der Waals surface area contributed by atoms with Crippen LogP contribution in [0.2, 0.25) is 0 Å². The van der Waals surface area contributed by atoms with E-state index in [4.69, 9.17) is 15.5 Å². The number of fused-ring (bicyclic) bond motifs is 2. The second kappa shape index (κ2) is 7.40. The van der Waals surface area contributed by atoms with Gasteiger partial charge in [-0.25, -0.2) is 14.4 Å². The molecule has 0 aliphatic carbocycles. The van der Waals surface area contributed by atoms with E-state index < -0.39 is 12.3 Å². The Morgan fingerprint density at radius 3 is 2.81 bits per heavy atom. The van der Waals surface area contributed by atoms with Crippen molar-refractivity contribution in [3.63, 3.8) is 0 Å². The molecular formula is C20H23F3N6O2. The van der Waals surface area contributed by atoms with Crippen LogP contribution in [-0.4, -0.2) is 65.6 Å². The minimum Gasteiger partial charge on any atom is -0.431 e. The fraction of sp³-hybridized carbons (Fsp3) is 0.550. The van der Waals surface area contributed by atoms with Crippen molar-refractivity contribution in [3.8, 4) is 17.0 Å². The van der Waals surface area contributed by atoms with Gasteiger partial charge >= 0.3 is 6.61 Å². The number of nitrogens with zero attached hydrogens (tertiary/aromatic N) is 5. The van der Waals surface area contributed by atoms with E-state index in [2.05, 4.69) is 19.6 Å². The lowest BCUT2D eigenvalue weighted by Crippen LogP contribution is -2.38. The topological polar surface area (TPSA) is 89.6 Å². The van der Waals surface area contributed by atoms with Gasteiger partial charge in [0.1, 0.15) is 11.5 Å². The Balaban J connectivity index is 1.55.